The lowest BCUT2D eigenvalue weighted by atomic mass is 10.2. The molecule has 0 heterocycles. The van der Waals surface area contributed by atoms with Crippen LogP contribution in [0.3, 0.4) is 0 Å². The Morgan fingerprint density at radius 3 is 2.64 bits per heavy atom. The van der Waals surface area contributed by atoms with Gasteiger partial charge >= 0.3 is 5.97 Å². The summed E-state index contributed by atoms with van der Waals surface area (Å²) in [5.74, 6) is 1.12. The molecule has 0 spiro atoms. The fourth-order valence-electron chi connectivity index (χ4n) is 0.633. The van der Waals surface area contributed by atoms with Crippen LogP contribution in [0.5, 0.6) is 0 Å². The number of nitrogens with one attached hydrogen (secondary N) is 1. The van der Waals surface area contributed by atoms with Crippen molar-refractivity contribution in [1.29, 1.82) is 0 Å². The molecule has 11 heavy (non-hydrogen) atoms. The average Bonchev–Trinajstić information content (AvgIpc) is 1.87. The standard InChI is InChI=1S/C7H11NO3/c1-3-4-8-6(5(2)9)7(10)11/h1,5-6,8-9H,4H2,2H3,(H,10,11). The Hall–Kier alpha value is -1.05. The molecule has 0 aliphatic carbocycles. The van der Waals surface area contributed by atoms with E-state index >= 15 is 0 Å². The molecule has 0 amide bonds. The number of hydrogen-bond acceptors (Lipinski definition) is 3. The maximum atomic E-state index is 10.4. The Morgan fingerprint density at radius 1 is 1.82 bits per heavy atom. The maximum absolute atomic E-state index is 10.4. The van der Waals surface area contributed by atoms with E-state index in [9.17, 15) is 4.79 Å². The van der Waals surface area contributed by atoms with Gasteiger partial charge in [0.2, 0.25) is 0 Å². The molecule has 0 aromatic rings. The fraction of sp³-hybridized carbons (Fsp3) is 0.571. The molecule has 0 bridgehead atoms. The van der Waals surface area contributed by atoms with Crippen molar-refractivity contribution in [2.24, 2.45) is 0 Å². The van der Waals surface area contributed by atoms with Crippen molar-refractivity contribution in [2.45, 2.75) is 19.1 Å². The largest absolute Gasteiger partial charge is 0.480 e. The highest BCUT2D eigenvalue weighted by Gasteiger charge is 2.21. The fourth-order valence-corrected chi connectivity index (χ4v) is 0.633. The zero-order valence-corrected chi connectivity index (χ0v) is 6.24. The summed E-state index contributed by atoms with van der Waals surface area (Å²) in [6.45, 7) is 1.53. The normalized spacial score (nSPS) is 15.0. The summed E-state index contributed by atoms with van der Waals surface area (Å²) >= 11 is 0. The summed E-state index contributed by atoms with van der Waals surface area (Å²) < 4.78 is 0. The van der Waals surface area contributed by atoms with Crippen LogP contribution in [0, 0.1) is 12.3 Å². The predicted octanol–water partition coefficient (Wildman–Crippen LogP) is -0.957. The number of aliphatic carboxylic acids is 1. The first kappa shape index (κ1) is 9.95. The zero-order valence-electron chi connectivity index (χ0n) is 6.24. The molecule has 0 aromatic heterocycles. The van der Waals surface area contributed by atoms with E-state index in [1.807, 2.05) is 0 Å². The predicted molar refractivity (Wildman–Crippen MR) is 39.9 cm³/mol. The quantitative estimate of drug-likeness (QED) is 0.460. The Morgan fingerprint density at radius 2 is 2.36 bits per heavy atom. The van der Waals surface area contributed by atoms with Gasteiger partial charge in [0.05, 0.1) is 12.6 Å². The third-order valence-electron chi connectivity index (χ3n) is 1.17. The molecule has 0 fully saturated rings. The highest BCUT2D eigenvalue weighted by Crippen LogP contribution is 1.91. The number of rotatable bonds is 4. The maximum Gasteiger partial charge on any atom is 0.323 e. The van der Waals surface area contributed by atoms with Crippen LogP contribution in [0.2, 0.25) is 0 Å². The van der Waals surface area contributed by atoms with Gasteiger partial charge < -0.3 is 10.2 Å². The number of aliphatic hydroxyl groups excluding tert-OH is 1. The summed E-state index contributed by atoms with van der Waals surface area (Å²) in [6.07, 6.45) is 3.95. The van der Waals surface area contributed by atoms with Crippen LogP contribution in [0.25, 0.3) is 0 Å². The minimum absolute atomic E-state index is 0.141. The van der Waals surface area contributed by atoms with Crippen LogP contribution in [0.4, 0.5) is 0 Å². The molecule has 62 valence electrons. The van der Waals surface area contributed by atoms with Crippen molar-refractivity contribution < 1.29 is 15.0 Å². The van der Waals surface area contributed by atoms with Crippen LogP contribution < -0.4 is 5.32 Å². The second-order valence-electron chi connectivity index (χ2n) is 2.14. The molecule has 4 nitrogen and oxygen atoms in total. The van der Waals surface area contributed by atoms with Gasteiger partial charge in [-0.15, -0.1) is 6.42 Å². The van der Waals surface area contributed by atoms with E-state index in [1.54, 1.807) is 0 Å². The number of carboxylic acids is 1. The number of aliphatic hydroxyl groups is 1. The van der Waals surface area contributed by atoms with Gasteiger partial charge in [-0.05, 0) is 6.92 Å². The topological polar surface area (TPSA) is 69.6 Å². The van der Waals surface area contributed by atoms with Gasteiger partial charge in [0.15, 0.2) is 0 Å². The van der Waals surface area contributed by atoms with Crippen molar-refractivity contribution in [3.05, 3.63) is 0 Å². The summed E-state index contributed by atoms with van der Waals surface area (Å²) in [5.41, 5.74) is 0. The lowest BCUT2D eigenvalue weighted by molar-refractivity contribution is -0.142. The molecule has 0 rings (SSSR count). The van der Waals surface area contributed by atoms with Crippen LogP contribution in [-0.4, -0.2) is 34.9 Å². The van der Waals surface area contributed by atoms with Crippen LogP contribution >= 0.6 is 0 Å². The van der Waals surface area contributed by atoms with Gasteiger partial charge in [-0.3, -0.25) is 10.1 Å². The van der Waals surface area contributed by atoms with Crippen molar-refractivity contribution >= 4 is 5.97 Å². The smallest absolute Gasteiger partial charge is 0.323 e. The second-order valence-corrected chi connectivity index (χ2v) is 2.14. The molecule has 2 atom stereocenters. The highest BCUT2D eigenvalue weighted by atomic mass is 16.4. The van der Waals surface area contributed by atoms with Gasteiger partial charge in [-0.2, -0.15) is 0 Å². The molecular formula is C7H11NO3. The van der Waals surface area contributed by atoms with Crippen LogP contribution in [-0.2, 0) is 4.79 Å². The summed E-state index contributed by atoms with van der Waals surface area (Å²) in [5, 5.41) is 19.9. The van der Waals surface area contributed by atoms with E-state index in [0.717, 1.165) is 0 Å². The first-order valence-corrected chi connectivity index (χ1v) is 3.17. The molecule has 0 aliphatic rings. The third-order valence-corrected chi connectivity index (χ3v) is 1.17. The number of carboxylic acid groups (broad SMARTS) is 1. The van der Waals surface area contributed by atoms with Crippen LogP contribution in [0.1, 0.15) is 6.92 Å². The molecule has 0 aromatic carbocycles. The molecule has 0 radical (unpaired) electrons. The van der Waals surface area contributed by atoms with Gasteiger partial charge in [-0.1, -0.05) is 5.92 Å². The van der Waals surface area contributed by atoms with Crippen molar-refractivity contribution in [1.82, 2.24) is 5.32 Å². The SMILES string of the molecule is C#CCNC(C(=O)O)C(C)O. The number of carbonyl (C=O) groups is 1. The van der Waals surface area contributed by atoms with Crippen LogP contribution in [0.15, 0.2) is 0 Å². The Bertz CT molecular complexity index is 171. The summed E-state index contributed by atoms with van der Waals surface area (Å²) in [7, 11) is 0. The van der Waals surface area contributed by atoms with Gasteiger partial charge in [0, 0.05) is 0 Å². The third kappa shape index (κ3) is 3.61. The highest BCUT2D eigenvalue weighted by molar-refractivity contribution is 5.74. The molecular weight excluding hydrogens is 146 g/mol. The van der Waals surface area contributed by atoms with Crippen molar-refractivity contribution in [3.8, 4) is 12.3 Å². The summed E-state index contributed by atoms with van der Waals surface area (Å²) in [6, 6.07) is -0.981. The Kier molecular flexibility index (Phi) is 4.27. The van der Waals surface area contributed by atoms with Gasteiger partial charge in [0.1, 0.15) is 6.04 Å². The molecule has 0 saturated carbocycles. The molecule has 0 aliphatic heterocycles. The zero-order chi connectivity index (χ0) is 8.85. The first-order valence-electron chi connectivity index (χ1n) is 3.17. The number of hydrogen-bond donors (Lipinski definition) is 3. The molecule has 2 unspecified atom stereocenters. The first-order chi connectivity index (χ1) is 5.09. The Balaban J connectivity index is 3.92. The second kappa shape index (κ2) is 4.72. The van der Waals surface area contributed by atoms with Crippen molar-refractivity contribution in [3.63, 3.8) is 0 Å². The lowest BCUT2D eigenvalue weighted by Crippen LogP contribution is -2.44. The van der Waals surface area contributed by atoms with E-state index in [4.69, 9.17) is 16.6 Å². The molecule has 0 saturated heterocycles. The minimum Gasteiger partial charge on any atom is -0.480 e. The average molecular weight is 157 g/mol. The van der Waals surface area contributed by atoms with Crippen molar-refractivity contribution in [2.75, 3.05) is 6.54 Å². The van der Waals surface area contributed by atoms with E-state index < -0.39 is 18.1 Å². The monoisotopic (exact) mass is 157 g/mol. The molecule has 3 N–H and O–H groups in total. The molecule has 4 heteroatoms. The minimum atomic E-state index is -1.10. The van der Waals surface area contributed by atoms with E-state index in [2.05, 4.69) is 11.2 Å². The van der Waals surface area contributed by atoms with Gasteiger partial charge in [-0.25, -0.2) is 0 Å². The van der Waals surface area contributed by atoms with E-state index in [1.165, 1.54) is 6.92 Å². The number of terminal acetylenes is 1. The van der Waals surface area contributed by atoms with E-state index in [0.29, 0.717) is 0 Å². The van der Waals surface area contributed by atoms with E-state index in [-0.39, 0.29) is 6.54 Å². The van der Waals surface area contributed by atoms with Gasteiger partial charge in [0.25, 0.3) is 0 Å². The lowest BCUT2D eigenvalue weighted by Gasteiger charge is -2.14. The Labute approximate surface area is 65.2 Å². The summed E-state index contributed by atoms with van der Waals surface area (Å²) in [4.78, 5) is 10.4.